The van der Waals surface area contributed by atoms with Gasteiger partial charge in [0.15, 0.2) is 11.5 Å². The Hall–Kier alpha value is -3.24. The molecule has 1 fully saturated rings. The predicted octanol–water partition coefficient (Wildman–Crippen LogP) is 1.61. The van der Waals surface area contributed by atoms with Gasteiger partial charge in [-0.25, -0.2) is 4.98 Å². The monoisotopic (exact) mass is 464 g/mol. The number of aromatic nitrogens is 4. The van der Waals surface area contributed by atoms with Crippen molar-refractivity contribution in [1.29, 1.82) is 0 Å². The lowest BCUT2D eigenvalue weighted by Crippen LogP contribution is -2.41. The summed E-state index contributed by atoms with van der Waals surface area (Å²) in [5.74, 6) is 1.31. The van der Waals surface area contributed by atoms with Crippen LogP contribution < -0.4 is 10.6 Å². The highest BCUT2D eigenvalue weighted by Crippen LogP contribution is 2.21. The van der Waals surface area contributed by atoms with Crippen molar-refractivity contribution in [1.82, 2.24) is 30.0 Å². The summed E-state index contributed by atoms with van der Waals surface area (Å²) in [6.45, 7) is 5.94. The molecule has 2 aromatic heterocycles. The van der Waals surface area contributed by atoms with Crippen molar-refractivity contribution >= 4 is 28.7 Å². The van der Waals surface area contributed by atoms with E-state index in [1.165, 1.54) is 11.1 Å². The van der Waals surface area contributed by atoms with Crippen LogP contribution in [0.2, 0.25) is 0 Å². The van der Waals surface area contributed by atoms with Gasteiger partial charge in [0.2, 0.25) is 11.9 Å². The number of nitrogens with one attached hydrogen (secondary N) is 3. The Balaban J connectivity index is 1.13. The molecule has 1 atom stereocenters. The van der Waals surface area contributed by atoms with Gasteiger partial charge in [-0.05, 0) is 30.4 Å². The minimum atomic E-state index is -0.514. The number of piperidine rings is 1. The van der Waals surface area contributed by atoms with Gasteiger partial charge in [-0.15, -0.1) is 0 Å². The first-order chi connectivity index (χ1) is 16.5. The van der Waals surface area contributed by atoms with Crippen molar-refractivity contribution in [3.05, 3.63) is 41.6 Å². The lowest BCUT2D eigenvalue weighted by molar-refractivity contribution is -0.129. The van der Waals surface area contributed by atoms with E-state index < -0.39 is 6.10 Å². The van der Waals surface area contributed by atoms with Crippen LogP contribution in [0, 0.1) is 0 Å². The van der Waals surface area contributed by atoms with Gasteiger partial charge in [0.25, 0.3) is 0 Å². The molecule has 1 aromatic carbocycles. The highest BCUT2D eigenvalue weighted by Gasteiger charge is 2.22. The lowest BCUT2D eigenvalue weighted by atomic mass is 10.00. The van der Waals surface area contributed by atoms with E-state index in [9.17, 15) is 9.90 Å². The third-order valence-electron chi connectivity index (χ3n) is 6.77. The molecule has 1 amide bonds. The molecule has 2 aliphatic heterocycles. The average molecular weight is 465 g/mol. The van der Waals surface area contributed by atoms with Gasteiger partial charge in [0.1, 0.15) is 0 Å². The number of anilines is 2. The number of H-pyrrole nitrogens is 1. The van der Waals surface area contributed by atoms with Crippen LogP contribution in [0.4, 0.5) is 11.8 Å². The number of benzene rings is 1. The average Bonchev–Trinajstić information content (AvgIpc) is 3.25. The smallest absolute Gasteiger partial charge is 0.224 e. The molecule has 10 heteroatoms. The van der Waals surface area contributed by atoms with Crippen molar-refractivity contribution in [2.75, 3.05) is 43.4 Å². The molecule has 0 bridgehead atoms. The van der Waals surface area contributed by atoms with Crippen LogP contribution in [0.25, 0.3) is 11.0 Å². The van der Waals surface area contributed by atoms with Gasteiger partial charge in [0.05, 0.1) is 11.5 Å². The van der Waals surface area contributed by atoms with Gasteiger partial charge < -0.3 is 20.6 Å². The van der Waals surface area contributed by atoms with Crippen LogP contribution in [0.15, 0.2) is 30.5 Å². The first kappa shape index (κ1) is 22.5. The number of likely N-dealkylation sites (tertiary alicyclic amines) is 1. The zero-order valence-electron chi connectivity index (χ0n) is 19.5. The van der Waals surface area contributed by atoms with Crippen molar-refractivity contribution in [3.8, 4) is 0 Å². The summed E-state index contributed by atoms with van der Waals surface area (Å²) in [6, 6.07) is 8.76. The fraction of sp³-hybridized carbons (Fsp3) is 0.500. The number of hydrogen-bond donors (Lipinski definition) is 4. The zero-order chi connectivity index (χ0) is 23.5. The molecule has 0 unspecified atom stereocenters. The molecule has 2 aliphatic rings. The number of carbonyl (C=O) groups is 1. The standard InChI is InChI=1S/C24H32N8O2/c1-16(33)32-10-7-19(8-11-32)27-24-26-13-21-22(29-30-23(21)28-24)25-12-20(34)15-31-9-6-17-4-2-3-5-18(17)14-31/h2-5,13,19-20,34H,6-12,14-15H2,1H3,(H3,25,26,27,28,29,30)/t20-/m0/s1. The Labute approximate surface area is 198 Å². The maximum atomic E-state index is 11.5. The molecule has 0 radical (unpaired) electrons. The largest absolute Gasteiger partial charge is 0.390 e. The van der Waals surface area contributed by atoms with E-state index in [0.717, 1.165) is 50.8 Å². The molecular formula is C24H32N8O2. The quantitative estimate of drug-likeness (QED) is 0.416. The third kappa shape index (κ3) is 5.13. The van der Waals surface area contributed by atoms with Gasteiger partial charge in [-0.3, -0.25) is 14.8 Å². The zero-order valence-corrected chi connectivity index (χ0v) is 19.5. The minimum absolute atomic E-state index is 0.125. The second-order valence-corrected chi connectivity index (χ2v) is 9.24. The van der Waals surface area contributed by atoms with E-state index in [-0.39, 0.29) is 11.9 Å². The number of carbonyl (C=O) groups excluding carboxylic acids is 1. The maximum absolute atomic E-state index is 11.5. The molecule has 3 aromatic rings. The number of fused-ring (bicyclic) bond motifs is 2. The van der Waals surface area contributed by atoms with E-state index in [1.54, 1.807) is 13.1 Å². The third-order valence-corrected chi connectivity index (χ3v) is 6.77. The number of aliphatic hydroxyl groups excluding tert-OH is 1. The fourth-order valence-corrected chi connectivity index (χ4v) is 4.82. The Morgan fingerprint density at radius 1 is 1.24 bits per heavy atom. The second-order valence-electron chi connectivity index (χ2n) is 9.24. The van der Waals surface area contributed by atoms with Crippen LogP contribution in [0.5, 0.6) is 0 Å². The van der Waals surface area contributed by atoms with Crippen molar-refractivity contribution in [3.63, 3.8) is 0 Å². The van der Waals surface area contributed by atoms with E-state index in [0.29, 0.717) is 30.5 Å². The summed E-state index contributed by atoms with van der Waals surface area (Å²) < 4.78 is 0. The predicted molar refractivity (Wildman–Crippen MR) is 131 cm³/mol. The van der Waals surface area contributed by atoms with Gasteiger partial charge in [-0.2, -0.15) is 10.1 Å². The highest BCUT2D eigenvalue weighted by molar-refractivity contribution is 5.86. The van der Waals surface area contributed by atoms with Crippen LogP contribution in [-0.2, 0) is 17.8 Å². The molecule has 4 N–H and O–H groups in total. The SMILES string of the molecule is CC(=O)N1CCC(Nc2ncc3c(NC[C@H](O)CN4CCc5ccccc5C4)n[nH]c3n2)CC1. The number of nitrogens with zero attached hydrogens (tertiary/aromatic N) is 5. The normalized spacial score (nSPS) is 18.0. The van der Waals surface area contributed by atoms with Crippen LogP contribution in [0.1, 0.15) is 30.9 Å². The molecule has 0 aliphatic carbocycles. The van der Waals surface area contributed by atoms with Crippen molar-refractivity contribution in [2.45, 2.75) is 44.9 Å². The molecule has 0 spiro atoms. The molecular weight excluding hydrogens is 432 g/mol. The molecule has 180 valence electrons. The van der Waals surface area contributed by atoms with E-state index in [1.807, 2.05) is 4.90 Å². The van der Waals surface area contributed by atoms with Gasteiger partial charge in [0, 0.05) is 58.4 Å². The number of aromatic amines is 1. The summed E-state index contributed by atoms with van der Waals surface area (Å²) in [5.41, 5.74) is 3.39. The molecule has 4 heterocycles. The van der Waals surface area contributed by atoms with Gasteiger partial charge in [-0.1, -0.05) is 24.3 Å². The highest BCUT2D eigenvalue weighted by atomic mass is 16.3. The Morgan fingerprint density at radius 3 is 2.82 bits per heavy atom. The second kappa shape index (κ2) is 9.94. The number of rotatable bonds is 7. The van der Waals surface area contributed by atoms with Crippen LogP contribution >= 0.6 is 0 Å². The summed E-state index contributed by atoms with van der Waals surface area (Å²) in [4.78, 5) is 24.7. The number of amides is 1. The maximum Gasteiger partial charge on any atom is 0.224 e. The Morgan fingerprint density at radius 2 is 2.03 bits per heavy atom. The number of hydrogen-bond acceptors (Lipinski definition) is 8. The molecule has 10 nitrogen and oxygen atoms in total. The molecule has 5 rings (SSSR count). The molecule has 34 heavy (non-hydrogen) atoms. The Bertz CT molecular complexity index is 1140. The van der Waals surface area contributed by atoms with E-state index in [4.69, 9.17) is 0 Å². The topological polar surface area (TPSA) is 122 Å². The summed E-state index contributed by atoms with van der Waals surface area (Å²) in [7, 11) is 0. The van der Waals surface area contributed by atoms with Crippen LogP contribution in [-0.4, -0.2) is 85.8 Å². The van der Waals surface area contributed by atoms with Crippen molar-refractivity contribution in [2.24, 2.45) is 0 Å². The van der Waals surface area contributed by atoms with Gasteiger partial charge >= 0.3 is 0 Å². The first-order valence-corrected chi connectivity index (χ1v) is 12.0. The Kier molecular flexibility index (Phi) is 6.59. The fourth-order valence-electron chi connectivity index (χ4n) is 4.82. The molecule has 1 saturated heterocycles. The minimum Gasteiger partial charge on any atom is -0.390 e. The van der Waals surface area contributed by atoms with Crippen molar-refractivity contribution < 1.29 is 9.90 Å². The molecule has 0 saturated carbocycles. The lowest BCUT2D eigenvalue weighted by Gasteiger charge is -2.31. The summed E-state index contributed by atoms with van der Waals surface area (Å²) in [5, 5.41) is 25.3. The number of β-amino-alcohol motifs (C(OH)–C–C–N with tert-alkyl or cyclic N) is 1. The summed E-state index contributed by atoms with van der Waals surface area (Å²) >= 11 is 0. The van der Waals surface area contributed by atoms with E-state index in [2.05, 4.69) is 60.0 Å². The summed E-state index contributed by atoms with van der Waals surface area (Å²) in [6.07, 6.45) is 3.99. The number of aliphatic hydroxyl groups is 1. The van der Waals surface area contributed by atoms with E-state index >= 15 is 0 Å². The van der Waals surface area contributed by atoms with Crippen LogP contribution in [0.3, 0.4) is 0 Å². The first-order valence-electron chi connectivity index (χ1n) is 12.0.